The van der Waals surface area contributed by atoms with Crippen LogP contribution in [0.15, 0.2) is 12.2 Å². The zero-order valence-corrected chi connectivity index (χ0v) is 14.2. The summed E-state index contributed by atoms with van der Waals surface area (Å²) in [5.74, 6) is 1.92. The lowest BCUT2D eigenvalue weighted by atomic mass is 9.82. The quantitative estimate of drug-likeness (QED) is 0.575. The zero-order chi connectivity index (χ0) is 15.5. The number of nitrogens with zero attached hydrogens (tertiary/aromatic N) is 2. The second-order valence-corrected chi connectivity index (χ2v) is 6.64. The van der Waals surface area contributed by atoms with E-state index < -0.39 is 0 Å². The average Bonchev–Trinajstić information content (AvgIpc) is 2.46. The van der Waals surface area contributed by atoms with Crippen molar-refractivity contribution in [2.45, 2.75) is 32.1 Å². The monoisotopic (exact) mass is 319 g/mol. The summed E-state index contributed by atoms with van der Waals surface area (Å²) in [5, 5.41) is 5.59. The molecule has 120 valence electrons. The van der Waals surface area contributed by atoms with Crippen LogP contribution in [0.4, 0.5) is 5.95 Å². The number of rotatable bonds is 5. The maximum absolute atomic E-state index is 5.47. The van der Waals surface area contributed by atoms with E-state index in [1.54, 1.807) is 0 Å². The molecule has 0 saturated carbocycles. The molecule has 1 aromatic rings. The van der Waals surface area contributed by atoms with Crippen LogP contribution in [-0.2, 0) is 6.42 Å². The van der Waals surface area contributed by atoms with Crippen LogP contribution in [0.1, 0.15) is 36.9 Å². The van der Waals surface area contributed by atoms with E-state index in [1.807, 2.05) is 0 Å². The van der Waals surface area contributed by atoms with Crippen LogP contribution in [0, 0.1) is 10.6 Å². The Kier molecular flexibility index (Phi) is 4.90. The molecule has 2 atom stereocenters. The van der Waals surface area contributed by atoms with E-state index in [-0.39, 0.29) is 0 Å². The number of allylic oxidation sites excluding steroid dienone is 2. The third kappa shape index (κ3) is 3.39. The summed E-state index contributed by atoms with van der Waals surface area (Å²) in [6.45, 7) is 5.19. The average molecular weight is 319 g/mol. The van der Waals surface area contributed by atoms with E-state index >= 15 is 0 Å². The predicted octanol–water partition coefficient (Wildman–Crippen LogP) is 2.61. The first-order valence-electron chi connectivity index (χ1n) is 8.15. The third-order valence-corrected chi connectivity index (χ3v) is 4.77. The summed E-state index contributed by atoms with van der Waals surface area (Å²) in [4.78, 5) is 7.94. The van der Waals surface area contributed by atoms with Crippen LogP contribution in [0.2, 0.25) is 0 Å². The zero-order valence-electron chi connectivity index (χ0n) is 13.4. The molecule has 2 unspecified atom stereocenters. The van der Waals surface area contributed by atoms with Gasteiger partial charge in [0, 0.05) is 43.9 Å². The molecule has 1 saturated heterocycles. The number of aromatic nitrogens is 2. The van der Waals surface area contributed by atoms with Crippen molar-refractivity contribution in [3.8, 4) is 0 Å². The van der Waals surface area contributed by atoms with E-state index in [2.05, 4.69) is 51.8 Å². The van der Waals surface area contributed by atoms with Gasteiger partial charge in [0.2, 0.25) is 5.95 Å². The number of aromatic amines is 1. The first-order valence-corrected chi connectivity index (χ1v) is 8.56. The van der Waals surface area contributed by atoms with Gasteiger partial charge in [0.15, 0.2) is 0 Å². The second-order valence-electron chi connectivity index (χ2n) is 6.25. The minimum atomic E-state index is 0.457. The Balaban J connectivity index is 1.62. The Labute approximate surface area is 137 Å². The predicted molar refractivity (Wildman–Crippen MR) is 92.5 cm³/mol. The van der Waals surface area contributed by atoms with Gasteiger partial charge in [-0.2, -0.15) is 0 Å². The van der Waals surface area contributed by atoms with Crippen LogP contribution in [-0.4, -0.2) is 41.7 Å². The molecule has 0 spiro atoms. The smallest absolute Gasteiger partial charge is 0.201 e. The molecule has 6 heteroatoms. The first kappa shape index (κ1) is 15.6. The van der Waals surface area contributed by atoms with Crippen LogP contribution >= 0.6 is 12.2 Å². The van der Waals surface area contributed by atoms with Crippen molar-refractivity contribution in [2.75, 3.05) is 32.0 Å². The normalized spacial score (nSPS) is 25.0. The van der Waals surface area contributed by atoms with Gasteiger partial charge >= 0.3 is 0 Å². The summed E-state index contributed by atoms with van der Waals surface area (Å²) in [6, 6.07) is 0. The van der Waals surface area contributed by atoms with E-state index in [0.29, 0.717) is 11.8 Å². The molecular formula is C16H25N5S. The molecule has 0 bridgehead atoms. The van der Waals surface area contributed by atoms with Crippen LogP contribution < -0.4 is 10.7 Å². The first-order chi connectivity index (χ1) is 10.7. The molecule has 2 heterocycles. The van der Waals surface area contributed by atoms with Gasteiger partial charge in [-0.05, 0) is 25.2 Å². The largest absolute Gasteiger partial charge is 0.355 e. The van der Waals surface area contributed by atoms with Gasteiger partial charge in [-0.15, -0.1) is 0 Å². The van der Waals surface area contributed by atoms with Crippen molar-refractivity contribution < 1.29 is 0 Å². The highest BCUT2D eigenvalue weighted by molar-refractivity contribution is 7.71. The summed E-state index contributed by atoms with van der Waals surface area (Å²) in [7, 11) is 2.09. The fraction of sp³-hybridized carbons (Fsp3) is 0.625. The maximum atomic E-state index is 5.47. The molecule has 0 amide bonds. The minimum Gasteiger partial charge on any atom is -0.355 e. The molecule has 1 aliphatic heterocycles. The molecule has 1 fully saturated rings. The Bertz CT molecular complexity index is 609. The summed E-state index contributed by atoms with van der Waals surface area (Å²) >= 11 is 5.47. The van der Waals surface area contributed by atoms with Crippen molar-refractivity contribution >= 4 is 18.2 Å². The van der Waals surface area contributed by atoms with Gasteiger partial charge in [-0.3, -0.25) is 5.43 Å². The van der Waals surface area contributed by atoms with Gasteiger partial charge in [0.1, 0.15) is 4.64 Å². The molecule has 1 aliphatic carbocycles. The van der Waals surface area contributed by atoms with E-state index in [0.717, 1.165) is 43.1 Å². The van der Waals surface area contributed by atoms with E-state index in [9.17, 15) is 0 Å². The Hall–Kier alpha value is -1.24. The molecule has 1 aromatic heterocycles. The Morgan fingerprint density at radius 3 is 3.09 bits per heavy atom. The van der Waals surface area contributed by atoms with Crippen molar-refractivity contribution in [2.24, 2.45) is 5.92 Å². The number of nitrogens with one attached hydrogen (secondary N) is 3. The standard InChI is InChI=1S/C16H25N5S/c1-3-4-5-12-8-13-14(12)15(22)20-16(19-13)17-9-11-6-7-18-21(2)10-11/h4-5,11-12,18H,3,6-10H2,1-2H3,(H2,17,19,20,22)/b5-4-. The van der Waals surface area contributed by atoms with Gasteiger partial charge in [-0.1, -0.05) is 31.3 Å². The molecular weight excluding hydrogens is 294 g/mol. The fourth-order valence-electron chi connectivity index (χ4n) is 3.22. The number of fused-ring (bicyclic) bond motifs is 1. The summed E-state index contributed by atoms with van der Waals surface area (Å²) in [6.07, 6.45) is 7.77. The number of hydrogen-bond acceptors (Lipinski definition) is 5. The van der Waals surface area contributed by atoms with Crippen LogP contribution in [0.3, 0.4) is 0 Å². The molecule has 3 rings (SSSR count). The number of hydrogen-bond donors (Lipinski definition) is 3. The highest BCUT2D eigenvalue weighted by atomic mass is 32.1. The molecule has 5 nitrogen and oxygen atoms in total. The summed E-state index contributed by atoms with van der Waals surface area (Å²) in [5.41, 5.74) is 5.79. The Morgan fingerprint density at radius 1 is 1.50 bits per heavy atom. The lowest BCUT2D eigenvalue weighted by molar-refractivity contribution is 0.150. The molecule has 22 heavy (non-hydrogen) atoms. The van der Waals surface area contributed by atoms with Crippen LogP contribution in [0.25, 0.3) is 0 Å². The van der Waals surface area contributed by atoms with Crippen molar-refractivity contribution in [1.82, 2.24) is 20.4 Å². The van der Waals surface area contributed by atoms with Gasteiger partial charge in [0.05, 0.1) is 0 Å². The lowest BCUT2D eigenvalue weighted by Gasteiger charge is -2.31. The second kappa shape index (κ2) is 6.89. The van der Waals surface area contributed by atoms with Gasteiger partial charge in [0.25, 0.3) is 0 Å². The van der Waals surface area contributed by atoms with Crippen molar-refractivity contribution in [3.63, 3.8) is 0 Å². The molecule has 2 aliphatic rings. The van der Waals surface area contributed by atoms with Crippen molar-refractivity contribution in [1.29, 1.82) is 0 Å². The van der Waals surface area contributed by atoms with Gasteiger partial charge < -0.3 is 10.3 Å². The van der Waals surface area contributed by atoms with E-state index in [4.69, 9.17) is 12.2 Å². The van der Waals surface area contributed by atoms with E-state index in [1.165, 1.54) is 17.7 Å². The minimum absolute atomic E-state index is 0.457. The molecule has 3 N–H and O–H groups in total. The highest BCUT2D eigenvalue weighted by Crippen LogP contribution is 2.35. The number of H-pyrrole nitrogens is 1. The SMILES string of the molecule is CC/C=C\C1Cc2[nH]c(NCC3CCNN(C)C3)nc(=S)c21. The lowest BCUT2D eigenvalue weighted by Crippen LogP contribution is -2.46. The third-order valence-electron chi connectivity index (χ3n) is 4.46. The summed E-state index contributed by atoms with van der Waals surface area (Å²) < 4.78 is 0.746. The van der Waals surface area contributed by atoms with Crippen LogP contribution in [0.5, 0.6) is 0 Å². The van der Waals surface area contributed by atoms with Crippen molar-refractivity contribution in [3.05, 3.63) is 28.1 Å². The number of hydrazine groups is 1. The number of anilines is 1. The van der Waals surface area contributed by atoms with Gasteiger partial charge in [-0.25, -0.2) is 9.99 Å². The fourth-order valence-corrected chi connectivity index (χ4v) is 3.59. The topological polar surface area (TPSA) is 56.0 Å². The molecule has 0 radical (unpaired) electrons. The highest BCUT2D eigenvalue weighted by Gasteiger charge is 2.27. The maximum Gasteiger partial charge on any atom is 0.201 e. The Morgan fingerprint density at radius 2 is 2.36 bits per heavy atom. The molecule has 0 aromatic carbocycles.